The highest BCUT2D eigenvalue weighted by atomic mass is 16.5. The molecular formula is C12H16O3. The van der Waals surface area contributed by atoms with Crippen molar-refractivity contribution < 1.29 is 14.3 Å². The number of ether oxygens (including phenoxy) is 1. The van der Waals surface area contributed by atoms with Crippen molar-refractivity contribution in [2.75, 3.05) is 7.11 Å². The molecule has 0 radical (unpaired) electrons. The molecule has 0 amide bonds. The molecule has 82 valence electrons. The summed E-state index contributed by atoms with van der Waals surface area (Å²) in [5.41, 5.74) is -0.293. The van der Waals surface area contributed by atoms with Gasteiger partial charge >= 0.3 is 5.97 Å². The highest BCUT2D eigenvalue weighted by molar-refractivity contribution is 5.89. The van der Waals surface area contributed by atoms with Crippen molar-refractivity contribution in [3.63, 3.8) is 0 Å². The maximum Gasteiger partial charge on any atom is 0.311 e. The van der Waals surface area contributed by atoms with Gasteiger partial charge in [-0.05, 0) is 38.0 Å². The van der Waals surface area contributed by atoms with Gasteiger partial charge in [0, 0.05) is 11.8 Å². The zero-order valence-corrected chi connectivity index (χ0v) is 8.99. The first-order valence-electron chi connectivity index (χ1n) is 5.77. The normalized spacial score (nSPS) is 47.0. The van der Waals surface area contributed by atoms with Crippen LogP contribution < -0.4 is 0 Å². The molecule has 0 aliphatic heterocycles. The van der Waals surface area contributed by atoms with E-state index in [0.29, 0.717) is 11.7 Å². The third-order valence-corrected chi connectivity index (χ3v) is 4.61. The minimum atomic E-state index is -0.293. The first-order valence-corrected chi connectivity index (χ1v) is 5.77. The van der Waals surface area contributed by atoms with Gasteiger partial charge in [0.2, 0.25) is 0 Å². The minimum Gasteiger partial charge on any atom is -0.469 e. The lowest BCUT2D eigenvalue weighted by Gasteiger charge is -2.53. The molecule has 0 aromatic heterocycles. The van der Waals surface area contributed by atoms with Gasteiger partial charge in [0.05, 0.1) is 12.5 Å². The molecule has 4 aliphatic carbocycles. The summed E-state index contributed by atoms with van der Waals surface area (Å²) in [6.07, 6.45) is 4.51. The zero-order valence-electron chi connectivity index (χ0n) is 8.99. The van der Waals surface area contributed by atoms with Crippen LogP contribution in [0.3, 0.4) is 0 Å². The van der Waals surface area contributed by atoms with Crippen LogP contribution in [0.4, 0.5) is 0 Å². The topological polar surface area (TPSA) is 43.4 Å². The second-order valence-corrected chi connectivity index (χ2v) is 5.52. The van der Waals surface area contributed by atoms with E-state index >= 15 is 0 Å². The van der Waals surface area contributed by atoms with Crippen molar-refractivity contribution in [2.45, 2.75) is 32.1 Å². The number of esters is 1. The molecule has 2 atom stereocenters. The molecule has 3 heteroatoms. The fraction of sp³-hybridized carbons (Fsp3) is 0.833. The van der Waals surface area contributed by atoms with Crippen LogP contribution >= 0.6 is 0 Å². The predicted molar refractivity (Wildman–Crippen MR) is 53.0 cm³/mol. The average Bonchev–Trinajstić information content (AvgIpc) is 2.23. The molecular weight excluding hydrogens is 192 g/mol. The Bertz CT molecular complexity index is 316. The number of hydrogen-bond acceptors (Lipinski definition) is 3. The summed E-state index contributed by atoms with van der Waals surface area (Å²) in [6.45, 7) is 0. The van der Waals surface area contributed by atoms with Gasteiger partial charge in [0.25, 0.3) is 0 Å². The lowest BCUT2D eigenvalue weighted by Crippen LogP contribution is -2.54. The first kappa shape index (κ1) is 9.37. The van der Waals surface area contributed by atoms with Crippen LogP contribution in [0.2, 0.25) is 0 Å². The molecule has 0 unspecified atom stereocenters. The number of hydrogen-bond donors (Lipinski definition) is 0. The van der Waals surface area contributed by atoms with Gasteiger partial charge in [0.1, 0.15) is 5.78 Å². The Kier molecular flexibility index (Phi) is 1.77. The monoisotopic (exact) mass is 208 g/mol. The Labute approximate surface area is 89.2 Å². The van der Waals surface area contributed by atoms with Crippen LogP contribution in [0.15, 0.2) is 0 Å². The van der Waals surface area contributed by atoms with E-state index in [2.05, 4.69) is 0 Å². The molecule has 0 aromatic rings. The largest absolute Gasteiger partial charge is 0.469 e. The maximum atomic E-state index is 11.9. The van der Waals surface area contributed by atoms with Gasteiger partial charge in [-0.15, -0.1) is 0 Å². The zero-order chi connectivity index (χ0) is 10.6. The van der Waals surface area contributed by atoms with E-state index in [-0.39, 0.29) is 23.2 Å². The Morgan fingerprint density at radius 2 is 1.87 bits per heavy atom. The van der Waals surface area contributed by atoms with E-state index < -0.39 is 0 Å². The van der Waals surface area contributed by atoms with Crippen LogP contribution in [-0.4, -0.2) is 18.9 Å². The second-order valence-electron chi connectivity index (χ2n) is 5.52. The van der Waals surface area contributed by atoms with E-state index in [1.165, 1.54) is 7.11 Å². The Morgan fingerprint density at radius 3 is 2.40 bits per heavy atom. The lowest BCUT2D eigenvalue weighted by molar-refractivity contribution is -0.172. The summed E-state index contributed by atoms with van der Waals surface area (Å²) in [7, 11) is 1.46. The second kappa shape index (κ2) is 2.83. The molecule has 4 rings (SSSR count). The Morgan fingerprint density at radius 1 is 1.27 bits per heavy atom. The highest BCUT2D eigenvalue weighted by Crippen LogP contribution is 2.58. The van der Waals surface area contributed by atoms with Crippen molar-refractivity contribution in [2.24, 2.45) is 23.2 Å². The maximum absolute atomic E-state index is 11.9. The molecule has 4 fully saturated rings. The molecule has 4 bridgehead atoms. The quantitative estimate of drug-likeness (QED) is 0.614. The van der Waals surface area contributed by atoms with Crippen molar-refractivity contribution in [3.8, 4) is 0 Å². The summed E-state index contributed by atoms with van der Waals surface area (Å²) in [5.74, 6) is 1.27. The van der Waals surface area contributed by atoms with Crippen LogP contribution in [-0.2, 0) is 14.3 Å². The summed E-state index contributed by atoms with van der Waals surface area (Å²) in [4.78, 5) is 23.7. The molecule has 4 saturated carbocycles. The van der Waals surface area contributed by atoms with Gasteiger partial charge in [-0.1, -0.05) is 0 Å². The van der Waals surface area contributed by atoms with Crippen molar-refractivity contribution in [1.82, 2.24) is 0 Å². The van der Waals surface area contributed by atoms with Gasteiger partial charge in [0.15, 0.2) is 0 Å². The van der Waals surface area contributed by atoms with Crippen LogP contribution in [0, 0.1) is 23.2 Å². The number of carbonyl (C=O) groups excluding carboxylic acids is 2. The van der Waals surface area contributed by atoms with Crippen molar-refractivity contribution in [1.29, 1.82) is 0 Å². The van der Waals surface area contributed by atoms with E-state index in [1.54, 1.807) is 0 Å². The highest BCUT2D eigenvalue weighted by Gasteiger charge is 2.58. The van der Waals surface area contributed by atoms with Crippen molar-refractivity contribution in [3.05, 3.63) is 0 Å². The molecule has 0 heterocycles. The molecule has 15 heavy (non-hydrogen) atoms. The van der Waals surface area contributed by atoms with Gasteiger partial charge < -0.3 is 4.74 Å². The average molecular weight is 208 g/mol. The smallest absolute Gasteiger partial charge is 0.311 e. The summed E-state index contributed by atoms with van der Waals surface area (Å²) in [5, 5.41) is 0. The predicted octanol–water partition coefficient (Wildman–Crippen LogP) is 1.55. The molecule has 0 saturated heterocycles. The standard InChI is InChI=1S/C12H16O3/c1-15-11(14)12-4-7-2-8(5-12)10(13)9(3-7)6-12/h7-9H,2-6H2,1H3/t7?,8-,9-,12?/m1/s1. The number of rotatable bonds is 1. The first-order chi connectivity index (χ1) is 7.14. The lowest BCUT2D eigenvalue weighted by atomic mass is 9.49. The van der Waals surface area contributed by atoms with Gasteiger partial charge in [-0.3, -0.25) is 9.59 Å². The SMILES string of the molecule is COC(=O)C12CC3C[C@H](C1)C(=O)[C@H](C3)C2. The Hall–Kier alpha value is -0.860. The molecule has 3 nitrogen and oxygen atoms in total. The van der Waals surface area contributed by atoms with E-state index in [0.717, 1.165) is 32.1 Å². The van der Waals surface area contributed by atoms with E-state index in [1.807, 2.05) is 0 Å². The summed E-state index contributed by atoms with van der Waals surface area (Å²) in [6, 6.07) is 0. The molecule has 0 N–H and O–H groups in total. The Balaban J connectivity index is 1.95. The molecule has 0 spiro atoms. The fourth-order valence-corrected chi connectivity index (χ4v) is 4.21. The van der Waals surface area contributed by atoms with Gasteiger partial charge in [-0.25, -0.2) is 0 Å². The van der Waals surface area contributed by atoms with Crippen LogP contribution in [0.25, 0.3) is 0 Å². The van der Waals surface area contributed by atoms with Crippen molar-refractivity contribution >= 4 is 11.8 Å². The fourth-order valence-electron chi connectivity index (χ4n) is 4.21. The minimum absolute atomic E-state index is 0.0746. The number of Topliss-reactive ketones (excluding diaryl/α,β-unsaturated/α-hetero) is 1. The third kappa shape index (κ3) is 1.12. The number of ketones is 1. The third-order valence-electron chi connectivity index (χ3n) is 4.61. The van der Waals surface area contributed by atoms with E-state index in [4.69, 9.17) is 4.74 Å². The van der Waals surface area contributed by atoms with Gasteiger partial charge in [-0.2, -0.15) is 0 Å². The number of methoxy groups -OCH3 is 1. The van der Waals surface area contributed by atoms with E-state index in [9.17, 15) is 9.59 Å². The van der Waals surface area contributed by atoms with Crippen LogP contribution in [0.5, 0.6) is 0 Å². The number of carbonyl (C=O) groups is 2. The molecule has 0 aromatic carbocycles. The molecule has 4 aliphatic rings. The summed E-state index contributed by atoms with van der Waals surface area (Å²) >= 11 is 0. The van der Waals surface area contributed by atoms with Crippen LogP contribution in [0.1, 0.15) is 32.1 Å². The summed E-state index contributed by atoms with van der Waals surface area (Å²) < 4.78 is 4.92.